The molecule has 162 valence electrons. The molecule has 0 unspecified atom stereocenters. The summed E-state index contributed by atoms with van der Waals surface area (Å²) in [4.78, 5) is 10.5. The van der Waals surface area contributed by atoms with Gasteiger partial charge in [0.2, 0.25) is 0 Å². The molecule has 2 aromatic heterocycles. The third kappa shape index (κ3) is 3.40. The number of nitrogens with zero attached hydrogens (tertiary/aromatic N) is 3. The lowest BCUT2D eigenvalue weighted by Gasteiger charge is -2.48. The summed E-state index contributed by atoms with van der Waals surface area (Å²) in [7, 11) is 3.22. The third-order valence-electron chi connectivity index (χ3n) is 6.17. The van der Waals surface area contributed by atoms with Gasteiger partial charge in [-0.3, -0.25) is 9.97 Å². The Morgan fingerprint density at radius 3 is 2.71 bits per heavy atom. The van der Waals surface area contributed by atoms with Crippen LogP contribution in [0.3, 0.4) is 0 Å². The molecular weight excluding hydrogens is 399 g/mol. The van der Waals surface area contributed by atoms with Gasteiger partial charge in [-0.05, 0) is 37.0 Å². The number of rotatable bonds is 6. The summed E-state index contributed by atoms with van der Waals surface area (Å²) < 4.78 is 24.9. The van der Waals surface area contributed by atoms with Gasteiger partial charge in [0, 0.05) is 35.6 Å². The lowest BCUT2D eigenvalue weighted by atomic mass is 9.93. The maximum atomic E-state index is 14.0. The van der Waals surface area contributed by atoms with Crippen LogP contribution < -0.4 is 19.7 Å². The van der Waals surface area contributed by atoms with Gasteiger partial charge in [-0.1, -0.05) is 0 Å². The average molecular weight is 424 g/mol. The highest BCUT2D eigenvalue weighted by atomic mass is 19.1. The number of halogens is 1. The van der Waals surface area contributed by atoms with Crippen molar-refractivity contribution in [1.29, 1.82) is 0 Å². The van der Waals surface area contributed by atoms with E-state index in [0.717, 1.165) is 41.5 Å². The third-order valence-corrected chi connectivity index (χ3v) is 6.17. The van der Waals surface area contributed by atoms with Gasteiger partial charge in [0.25, 0.3) is 0 Å². The second kappa shape index (κ2) is 7.53. The number of ether oxygens (including phenoxy) is 2. The second-order valence-corrected chi connectivity index (χ2v) is 8.25. The molecular formula is C23H25FN4O3. The van der Waals surface area contributed by atoms with Crippen molar-refractivity contribution >= 4 is 22.3 Å². The molecule has 1 fully saturated rings. The molecule has 1 saturated heterocycles. The standard InChI is InChI=1S/C23H25FN4O3/c1-30-20-8-15-18(9-21(20)31-2)27-17-5-3-4-14(17)22(15)26-11-23(29)12-28(13-23)19-6-7-25-10-16(19)24/h6-10,29H,3-5,11-13H2,1-2H3,(H,26,27). The molecule has 8 heteroatoms. The van der Waals surface area contributed by atoms with Crippen molar-refractivity contribution < 1.29 is 19.0 Å². The number of nitrogens with one attached hydrogen (secondary N) is 1. The SMILES string of the molecule is COc1cc2nc3c(c(NCC4(O)CN(c5ccncc5F)C4)c2cc1OC)CCC3. The molecule has 0 radical (unpaired) electrons. The molecule has 3 heterocycles. The van der Waals surface area contributed by atoms with Crippen LogP contribution in [0.25, 0.3) is 10.9 Å². The number of benzene rings is 1. The summed E-state index contributed by atoms with van der Waals surface area (Å²) in [5, 5.41) is 15.4. The number of aryl methyl sites for hydroxylation is 1. The fourth-order valence-electron chi connectivity index (χ4n) is 4.61. The first-order valence-electron chi connectivity index (χ1n) is 10.4. The number of pyridine rings is 2. The molecule has 1 aromatic carbocycles. The topological polar surface area (TPSA) is 79.7 Å². The Bertz CT molecular complexity index is 1150. The summed E-state index contributed by atoms with van der Waals surface area (Å²) >= 11 is 0. The van der Waals surface area contributed by atoms with E-state index < -0.39 is 5.60 Å². The summed E-state index contributed by atoms with van der Waals surface area (Å²) in [5.41, 5.74) is 3.62. The van der Waals surface area contributed by atoms with Crippen molar-refractivity contribution in [3.8, 4) is 11.5 Å². The molecule has 2 N–H and O–H groups in total. The van der Waals surface area contributed by atoms with Crippen LogP contribution in [0.5, 0.6) is 11.5 Å². The van der Waals surface area contributed by atoms with Gasteiger partial charge >= 0.3 is 0 Å². The van der Waals surface area contributed by atoms with E-state index in [1.165, 1.54) is 11.8 Å². The lowest BCUT2D eigenvalue weighted by molar-refractivity contribution is 0.0246. The van der Waals surface area contributed by atoms with E-state index in [0.29, 0.717) is 36.8 Å². The smallest absolute Gasteiger partial charge is 0.164 e. The second-order valence-electron chi connectivity index (χ2n) is 8.25. The number of aromatic nitrogens is 2. The molecule has 0 saturated carbocycles. The molecule has 0 bridgehead atoms. The van der Waals surface area contributed by atoms with Gasteiger partial charge in [0.05, 0.1) is 44.7 Å². The van der Waals surface area contributed by atoms with E-state index in [1.807, 2.05) is 17.0 Å². The molecule has 1 aliphatic heterocycles. The van der Waals surface area contributed by atoms with E-state index in [2.05, 4.69) is 10.3 Å². The predicted octanol–water partition coefficient (Wildman–Crippen LogP) is 2.94. The van der Waals surface area contributed by atoms with Crippen LogP contribution in [0.15, 0.2) is 30.6 Å². The van der Waals surface area contributed by atoms with E-state index in [1.54, 1.807) is 26.5 Å². The zero-order valence-corrected chi connectivity index (χ0v) is 17.6. The molecule has 1 aliphatic carbocycles. The van der Waals surface area contributed by atoms with E-state index in [4.69, 9.17) is 14.5 Å². The maximum Gasteiger partial charge on any atom is 0.164 e. The highest BCUT2D eigenvalue weighted by molar-refractivity contribution is 5.96. The Hall–Kier alpha value is -3.13. The number of hydrogen-bond acceptors (Lipinski definition) is 7. The normalized spacial score (nSPS) is 16.7. The minimum absolute atomic E-state index is 0.350. The van der Waals surface area contributed by atoms with Gasteiger partial charge in [-0.15, -0.1) is 0 Å². The molecule has 2 aliphatic rings. The number of methoxy groups -OCH3 is 2. The minimum atomic E-state index is -0.951. The summed E-state index contributed by atoms with van der Waals surface area (Å²) in [5.74, 6) is 0.898. The number of anilines is 2. The average Bonchev–Trinajstić information content (AvgIpc) is 3.22. The predicted molar refractivity (Wildman–Crippen MR) is 117 cm³/mol. The highest BCUT2D eigenvalue weighted by Crippen LogP contribution is 2.40. The monoisotopic (exact) mass is 424 g/mol. The van der Waals surface area contributed by atoms with E-state index in [-0.39, 0.29) is 5.82 Å². The van der Waals surface area contributed by atoms with Crippen LogP contribution in [0.4, 0.5) is 15.8 Å². The Labute approximate surface area is 179 Å². The fourth-order valence-corrected chi connectivity index (χ4v) is 4.61. The number of β-amino-alcohol motifs (C(OH)–C–C–N with tert-alkyl or cyclic N) is 1. The van der Waals surface area contributed by atoms with Gasteiger partial charge < -0.3 is 24.8 Å². The first-order valence-corrected chi connectivity index (χ1v) is 10.4. The number of hydrogen-bond donors (Lipinski definition) is 2. The van der Waals surface area contributed by atoms with Crippen LogP contribution in [-0.4, -0.2) is 54.5 Å². The maximum absolute atomic E-state index is 14.0. The Morgan fingerprint density at radius 1 is 1.19 bits per heavy atom. The van der Waals surface area contributed by atoms with Crippen molar-refractivity contribution in [3.63, 3.8) is 0 Å². The summed E-state index contributed by atoms with van der Waals surface area (Å²) in [6.07, 6.45) is 5.69. The van der Waals surface area contributed by atoms with Gasteiger partial charge in [0.15, 0.2) is 17.3 Å². The van der Waals surface area contributed by atoms with Gasteiger partial charge in [-0.2, -0.15) is 0 Å². The molecule has 5 rings (SSSR count). The van der Waals surface area contributed by atoms with E-state index in [9.17, 15) is 9.50 Å². The van der Waals surface area contributed by atoms with E-state index >= 15 is 0 Å². The first-order chi connectivity index (χ1) is 15.0. The Balaban J connectivity index is 1.42. The van der Waals surface area contributed by atoms with Crippen molar-refractivity contribution in [1.82, 2.24) is 9.97 Å². The first kappa shape index (κ1) is 19.8. The molecule has 7 nitrogen and oxygen atoms in total. The van der Waals surface area contributed by atoms with Crippen molar-refractivity contribution in [2.24, 2.45) is 0 Å². The van der Waals surface area contributed by atoms with Crippen molar-refractivity contribution in [2.45, 2.75) is 24.9 Å². The van der Waals surface area contributed by atoms with Crippen LogP contribution in [-0.2, 0) is 12.8 Å². The zero-order valence-electron chi connectivity index (χ0n) is 17.6. The Kier molecular flexibility index (Phi) is 4.81. The molecule has 0 atom stereocenters. The van der Waals surface area contributed by atoms with Crippen LogP contribution in [0, 0.1) is 5.82 Å². The molecule has 31 heavy (non-hydrogen) atoms. The minimum Gasteiger partial charge on any atom is -0.493 e. The largest absolute Gasteiger partial charge is 0.493 e. The zero-order chi connectivity index (χ0) is 21.6. The van der Waals surface area contributed by atoms with Gasteiger partial charge in [0.1, 0.15) is 5.60 Å². The number of aliphatic hydroxyl groups is 1. The molecule has 0 spiro atoms. The quantitative estimate of drug-likeness (QED) is 0.630. The number of fused-ring (bicyclic) bond motifs is 2. The van der Waals surface area contributed by atoms with Gasteiger partial charge in [-0.25, -0.2) is 4.39 Å². The molecule has 0 amide bonds. The van der Waals surface area contributed by atoms with Crippen molar-refractivity contribution in [2.75, 3.05) is 44.1 Å². The van der Waals surface area contributed by atoms with Crippen LogP contribution in [0.1, 0.15) is 17.7 Å². The highest BCUT2D eigenvalue weighted by Gasteiger charge is 2.42. The fraction of sp³-hybridized carbons (Fsp3) is 0.391. The van der Waals surface area contributed by atoms with Crippen LogP contribution in [0.2, 0.25) is 0 Å². The van der Waals surface area contributed by atoms with Crippen LogP contribution >= 0.6 is 0 Å². The molecule has 3 aromatic rings. The lowest BCUT2D eigenvalue weighted by Crippen LogP contribution is -2.65. The Morgan fingerprint density at radius 2 is 1.97 bits per heavy atom. The summed E-state index contributed by atoms with van der Waals surface area (Å²) in [6, 6.07) is 5.46. The van der Waals surface area contributed by atoms with Crippen molar-refractivity contribution in [3.05, 3.63) is 47.7 Å². The summed E-state index contributed by atoms with van der Waals surface area (Å²) in [6.45, 7) is 1.06.